The predicted octanol–water partition coefficient (Wildman–Crippen LogP) is 5.44. The molecule has 0 spiro atoms. The second-order valence-electron chi connectivity index (χ2n) is 6.61. The summed E-state index contributed by atoms with van der Waals surface area (Å²) in [5, 5.41) is 4.48. The van der Waals surface area contributed by atoms with Gasteiger partial charge in [-0.2, -0.15) is 13.2 Å². The van der Waals surface area contributed by atoms with Gasteiger partial charge >= 0.3 is 6.18 Å². The first-order chi connectivity index (χ1) is 14.7. The maximum absolute atomic E-state index is 13.0. The van der Waals surface area contributed by atoms with Crippen molar-refractivity contribution < 1.29 is 18.0 Å². The van der Waals surface area contributed by atoms with E-state index >= 15 is 0 Å². The Hall–Kier alpha value is -3.17. The molecule has 1 amide bonds. The number of alkyl halides is 3. The average molecular weight is 464 g/mol. The van der Waals surface area contributed by atoms with Gasteiger partial charge in [-0.15, -0.1) is 11.3 Å². The molecule has 31 heavy (non-hydrogen) atoms. The molecule has 4 aromatic rings. The number of benzene rings is 2. The van der Waals surface area contributed by atoms with Crippen molar-refractivity contribution in [1.82, 2.24) is 9.55 Å². The molecule has 5 nitrogen and oxygen atoms in total. The van der Waals surface area contributed by atoms with Crippen molar-refractivity contribution in [3.05, 3.63) is 81.2 Å². The van der Waals surface area contributed by atoms with Gasteiger partial charge in [0.25, 0.3) is 5.56 Å². The first-order valence-corrected chi connectivity index (χ1v) is 10.2. The molecule has 2 aromatic heterocycles. The van der Waals surface area contributed by atoms with Gasteiger partial charge in [0.15, 0.2) is 0 Å². The zero-order valence-electron chi connectivity index (χ0n) is 15.6. The van der Waals surface area contributed by atoms with Crippen LogP contribution in [0, 0.1) is 0 Å². The van der Waals surface area contributed by atoms with Crippen molar-refractivity contribution in [2.45, 2.75) is 12.7 Å². The van der Waals surface area contributed by atoms with Crippen LogP contribution in [-0.2, 0) is 17.5 Å². The number of nitrogens with one attached hydrogen (secondary N) is 1. The normalized spacial score (nSPS) is 11.6. The molecule has 0 aliphatic heterocycles. The van der Waals surface area contributed by atoms with Gasteiger partial charge in [-0.25, -0.2) is 4.98 Å². The van der Waals surface area contributed by atoms with Crippen LogP contribution >= 0.6 is 22.9 Å². The number of thiophene rings is 1. The molecule has 0 aliphatic carbocycles. The molecule has 0 aliphatic rings. The standard InChI is InChI=1S/C21H13ClF3N3O2S/c22-15-7-6-13(21(23,24)25)8-16(15)27-17(29)9-28-11-26-19-18(20(28)30)14(10-31-19)12-4-2-1-3-5-12/h1-8,10-11H,9H2,(H,27,29). The van der Waals surface area contributed by atoms with Crippen LogP contribution in [0.25, 0.3) is 21.3 Å². The number of amides is 1. The summed E-state index contributed by atoms with van der Waals surface area (Å²) in [7, 11) is 0. The van der Waals surface area contributed by atoms with Crippen molar-refractivity contribution >= 4 is 44.7 Å². The molecule has 0 saturated carbocycles. The molecule has 0 bridgehead atoms. The number of nitrogens with zero attached hydrogens (tertiary/aromatic N) is 2. The first-order valence-electron chi connectivity index (χ1n) is 8.92. The zero-order chi connectivity index (χ0) is 22.2. The summed E-state index contributed by atoms with van der Waals surface area (Å²) in [5.74, 6) is -0.707. The Bertz CT molecular complexity index is 1330. The number of anilines is 1. The van der Waals surface area contributed by atoms with Gasteiger partial charge in [0.05, 0.1) is 28.0 Å². The van der Waals surface area contributed by atoms with Crippen LogP contribution in [0.15, 0.2) is 65.0 Å². The second kappa shape index (κ2) is 8.16. The van der Waals surface area contributed by atoms with E-state index < -0.39 is 29.8 Å². The highest BCUT2D eigenvalue weighted by atomic mass is 35.5. The Morgan fingerprint density at radius 3 is 2.61 bits per heavy atom. The number of fused-ring (bicyclic) bond motifs is 1. The fourth-order valence-electron chi connectivity index (χ4n) is 3.05. The highest BCUT2D eigenvalue weighted by Crippen LogP contribution is 2.34. The zero-order valence-corrected chi connectivity index (χ0v) is 17.2. The lowest BCUT2D eigenvalue weighted by atomic mass is 10.1. The van der Waals surface area contributed by atoms with Crippen molar-refractivity contribution in [2.75, 3.05) is 5.32 Å². The van der Waals surface area contributed by atoms with Gasteiger partial charge in [-0.1, -0.05) is 41.9 Å². The SMILES string of the molecule is O=C(Cn1cnc2scc(-c3ccccc3)c2c1=O)Nc1cc(C(F)(F)F)ccc1Cl. The van der Waals surface area contributed by atoms with Crippen LogP contribution in [0.4, 0.5) is 18.9 Å². The van der Waals surface area contributed by atoms with Gasteiger partial charge < -0.3 is 5.32 Å². The van der Waals surface area contributed by atoms with Crippen LogP contribution in [0.1, 0.15) is 5.56 Å². The summed E-state index contributed by atoms with van der Waals surface area (Å²) in [6.45, 7) is -0.432. The van der Waals surface area contributed by atoms with Crippen molar-refractivity contribution in [2.24, 2.45) is 0 Å². The summed E-state index contributed by atoms with van der Waals surface area (Å²) in [6, 6.07) is 11.9. The summed E-state index contributed by atoms with van der Waals surface area (Å²) in [6.07, 6.45) is -3.34. The molecule has 4 rings (SSSR count). The topological polar surface area (TPSA) is 64.0 Å². The maximum Gasteiger partial charge on any atom is 0.416 e. The molecule has 0 unspecified atom stereocenters. The van der Waals surface area contributed by atoms with E-state index in [-0.39, 0.29) is 10.7 Å². The number of carbonyl (C=O) groups is 1. The second-order valence-corrected chi connectivity index (χ2v) is 7.88. The van der Waals surface area contributed by atoms with Crippen LogP contribution in [-0.4, -0.2) is 15.5 Å². The first kappa shape index (κ1) is 21.1. The summed E-state index contributed by atoms with van der Waals surface area (Å²) < 4.78 is 39.9. The van der Waals surface area contributed by atoms with E-state index in [1.54, 1.807) is 0 Å². The van der Waals surface area contributed by atoms with Gasteiger partial charge in [-0.3, -0.25) is 14.2 Å². The third-order valence-electron chi connectivity index (χ3n) is 4.53. The van der Waals surface area contributed by atoms with Gasteiger partial charge in [0.1, 0.15) is 11.4 Å². The quantitative estimate of drug-likeness (QED) is 0.438. The third-order valence-corrected chi connectivity index (χ3v) is 5.74. The number of aromatic nitrogens is 2. The monoisotopic (exact) mass is 463 g/mol. The highest BCUT2D eigenvalue weighted by Gasteiger charge is 2.31. The van der Waals surface area contributed by atoms with E-state index in [4.69, 9.17) is 11.6 Å². The van der Waals surface area contributed by atoms with E-state index in [0.29, 0.717) is 15.8 Å². The molecule has 10 heteroatoms. The van der Waals surface area contributed by atoms with Crippen LogP contribution in [0.2, 0.25) is 5.02 Å². The van der Waals surface area contributed by atoms with E-state index in [0.717, 1.165) is 28.3 Å². The molecular weight excluding hydrogens is 451 g/mol. The molecular formula is C21H13ClF3N3O2S. The average Bonchev–Trinajstić information content (AvgIpc) is 3.16. The number of hydrogen-bond acceptors (Lipinski definition) is 4. The Morgan fingerprint density at radius 2 is 1.90 bits per heavy atom. The highest BCUT2D eigenvalue weighted by molar-refractivity contribution is 7.17. The Kier molecular flexibility index (Phi) is 5.55. The Morgan fingerprint density at radius 1 is 1.16 bits per heavy atom. The fourth-order valence-corrected chi connectivity index (χ4v) is 4.12. The molecule has 0 saturated heterocycles. The number of halogens is 4. The van der Waals surface area contributed by atoms with Crippen molar-refractivity contribution in [3.63, 3.8) is 0 Å². The Labute approximate surface area is 182 Å². The molecule has 0 radical (unpaired) electrons. The fraction of sp³-hybridized carbons (Fsp3) is 0.0952. The molecule has 2 heterocycles. The largest absolute Gasteiger partial charge is 0.416 e. The van der Waals surface area contributed by atoms with Gasteiger partial charge in [-0.05, 0) is 23.8 Å². The minimum absolute atomic E-state index is 0.0496. The number of carbonyl (C=O) groups excluding carboxylic acids is 1. The molecule has 158 valence electrons. The summed E-state index contributed by atoms with van der Waals surface area (Å²) >= 11 is 7.23. The molecule has 0 fully saturated rings. The molecule has 0 atom stereocenters. The van der Waals surface area contributed by atoms with Crippen molar-refractivity contribution in [3.8, 4) is 11.1 Å². The van der Waals surface area contributed by atoms with E-state index in [1.165, 1.54) is 17.7 Å². The lowest BCUT2D eigenvalue weighted by Crippen LogP contribution is -2.28. The molecule has 1 N–H and O–H groups in total. The summed E-state index contributed by atoms with van der Waals surface area (Å²) in [4.78, 5) is 30.2. The van der Waals surface area contributed by atoms with E-state index in [1.807, 2.05) is 35.7 Å². The van der Waals surface area contributed by atoms with E-state index in [9.17, 15) is 22.8 Å². The third kappa shape index (κ3) is 4.33. The minimum Gasteiger partial charge on any atom is -0.323 e. The minimum atomic E-state index is -4.58. The van der Waals surface area contributed by atoms with Crippen LogP contribution in [0.3, 0.4) is 0 Å². The lowest BCUT2D eigenvalue weighted by Gasteiger charge is -2.12. The smallest absolute Gasteiger partial charge is 0.323 e. The molecule has 2 aromatic carbocycles. The van der Waals surface area contributed by atoms with Crippen LogP contribution < -0.4 is 10.9 Å². The Balaban J connectivity index is 1.63. The number of rotatable bonds is 4. The van der Waals surface area contributed by atoms with Gasteiger partial charge in [0.2, 0.25) is 5.91 Å². The van der Waals surface area contributed by atoms with Gasteiger partial charge in [0, 0.05) is 10.9 Å². The predicted molar refractivity (Wildman–Crippen MR) is 114 cm³/mol. The van der Waals surface area contributed by atoms with Crippen LogP contribution in [0.5, 0.6) is 0 Å². The lowest BCUT2D eigenvalue weighted by molar-refractivity contribution is -0.137. The van der Waals surface area contributed by atoms with Crippen molar-refractivity contribution in [1.29, 1.82) is 0 Å². The number of hydrogen-bond donors (Lipinski definition) is 1. The van der Waals surface area contributed by atoms with E-state index in [2.05, 4.69) is 10.3 Å². The maximum atomic E-state index is 13.0. The summed E-state index contributed by atoms with van der Waals surface area (Å²) in [5.41, 5.74) is -0.0166.